The highest BCUT2D eigenvalue weighted by Crippen LogP contribution is 2.52. The van der Waals surface area contributed by atoms with Gasteiger partial charge >= 0.3 is 7.12 Å². The molecule has 13 aromatic carbocycles. The van der Waals surface area contributed by atoms with Gasteiger partial charge in [-0.3, -0.25) is 0 Å². The van der Waals surface area contributed by atoms with E-state index >= 15 is 0 Å². The predicted molar refractivity (Wildman–Crippen MR) is 466 cm³/mol. The molecule has 113 heavy (non-hydrogen) atoms. The highest BCUT2D eigenvalue weighted by molar-refractivity contribution is 9.10. The van der Waals surface area contributed by atoms with Crippen LogP contribution in [0.4, 0.5) is 0 Å². The Morgan fingerprint density at radius 2 is 0.407 bits per heavy atom. The Kier molecular flexibility index (Phi) is 19.9. The van der Waals surface area contributed by atoms with Crippen LogP contribution in [-0.2, 0) is 20.1 Å². The molecule has 0 N–H and O–H groups in total. The molecule has 19 rings (SSSR count). The van der Waals surface area contributed by atoms with Crippen molar-refractivity contribution in [1.82, 2.24) is 44.9 Å². The molecule has 1 saturated heterocycles. The van der Waals surface area contributed by atoms with Crippen molar-refractivity contribution in [3.63, 3.8) is 0 Å². The van der Waals surface area contributed by atoms with Gasteiger partial charge in [0.05, 0.1) is 11.2 Å². The van der Waals surface area contributed by atoms with Crippen molar-refractivity contribution in [2.24, 2.45) is 0 Å². The molecule has 3 aliphatic rings. The van der Waals surface area contributed by atoms with Crippen molar-refractivity contribution >= 4 is 44.4 Å². The first kappa shape index (κ1) is 73.6. The lowest BCUT2D eigenvalue weighted by Crippen LogP contribution is -2.41. The van der Waals surface area contributed by atoms with Crippen molar-refractivity contribution in [3.05, 3.63) is 359 Å². The minimum Gasteiger partial charge on any atom is -0.399 e. The Bertz CT molecular complexity index is 5720. The third-order valence-corrected chi connectivity index (χ3v) is 23.0. The third-order valence-electron chi connectivity index (χ3n) is 22.0. The standard InChI is InChI=1S/C57H40N6.C27H26BN3O2.C15H12Br2/c1-57(2)49-33-31-45(37-23-27-43(28-24-37)55-60-51(39-15-7-3-8-16-39)58-52(61-55)40-17-9-4-10-18-40)35-47(49)48-36-46(32-34-50(48)57)38-25-29-44(30-26-38)56-62-53(41-19-11-5-12-20-41)59-54(63-56)42-21-13-6-14-22-42;1-26(2)27(3,4)33-28(32-26)22-17-15-21(16-18-22)25-30-23(19-11-7-5-8-12-19)29-24(31-25)20-13-9-6-10-14-20;1-15(2)13-5-3-9(16)7-11(13)12-8-10(17)4-6-14(12)15/h3-36H,1-2H3;5-18H,1-4H3;3-8H,1-2H3. The molecule has 0 radical (unpaired) electrons. The Morgan fingerprint density at radius 3 is 0.655 bits per heavy atom. The second-order valence-electron chi connectivity index (χ2n) is 30.6. The molecule has 0 bridgehead atoms. The van der Waals surface area contributed by atoms with Crippen molar-refractivity contribution in [1.29, 1.82) is 0 Å². The van der Waals surface area contributed by atoms with Gasteiger partial charge in [0, 0.05) is 69.8 Å². The van der Waals surface area contributed by atoms with Crippen LogP contribution >= 0.6 is 31.9 Å². The maximum atomic E-state index is 6.19. The highest BCUT2D eigenvalue weighted by atomic mass is 79.9. The first-order valence-electron chi connectivity index (χ1n) is 38.0. The molecule has 0 saturated carbocycles. The van der Waals surface area contributed by atoms with Crippen LogP contribution in [0, 0.1) is 0 Å². The molecule has 1 fully saturated rings. The number of hydrogen-bond donors (Lipinski definition) is 0. The molecule has 2 aliphatic carbocycles. The predicted octanol–water partition coefficient (Wildman–Crippen LogP) is 24.4. The second kappa shape index (κ2) is 30.5. The van der Waals surface area contributed by atoms with Gasteiger partial charge in [0.2, 0.25) is 0 Å². The molecule has 0 atom stereocenters. The molecule has 3 aromatic heterocycles. The number of aromatic nitrogens is 9. The van der Waals surface area contributed by atoms with E-state index in [9.17, 15) is 0 Å². The Hall–Kier alpha value is -12.2. The molecular weight excluding hydrogens is 1520 g/mol. The fraction of sp³-hybridized carbons (Fsp3) is 0.121. The highest BCUT2D eigenvalue weighted by Gasteiger charge is 2.52. The zero-order chi connectivity index (χ0) is 77.6. The van der Waals surface area contributed by atoms with Gasteiger partial charge in [0.25, 0.3) is 0 Å². The minimum atomic E-state index is -0.401. The molecule has 14 heteroatoms. The van der Waals surface area contributed by atoms with Crippen LogP contribution < -0.4 is 5.46 Å². The summed E-state index contributed by atoms with van der Waals surface area (Å²) >= 11 is 7.12. The van der Waals surface area contributed by atoms with Crippen LogP contribution in [0.1, 0.15) is 77.6 Å². The van der Waals surface area contributed by atoms with Crippen molar-refractivity contribution in [2.45, 2.75) is 77.4 Å². The summed E-state index contributed by atoms with van der Waals surface area (Å²) in [7, 11) is -0.401. The molecule has 16 aromatic rings. The van der Waals surface area contributed by atoms with Crippen LogP contribution in [-0.4, -0.2) is 63.2 Å². The second-order valence-corrected chi connectivity index (χ2v) is 32.5. The largest absolute Gasteiger partial charge is 0.494 e. The van der Waals surface area contributed by atoms with E-state index in [2.05, 4.69) is 209 Å². The number of benzene rings is 13. The summed E-state index contributed by atoms with van der Waals surface area (Å²) in [5, 5.41) is 0. The summed E-state index contributed by atoms with van der Waals surface area (Å²) in [5.41, 5.74) is 23.9. The number of fused-ring (bicyclic) bond motifs is 6. The zero-order valence-corrected chi connectivity index (χ0v) is 67.0. The van der Waals surface area contributed by atoms with Crippen LogP contribution in [0.2, 0.25) is 0 Å². The minimum absolute atomic E-state index is 0.103. The normalized spacial score (nSPS) is 14.1. The lowest BCUT2D eigenvalue weighted by Gasteiger charge is -2.32. The quantitative estimate of drug-likeness (QED) is 0.108. The summed E-state index contributed by atoms with van der Waals surface area (Å²) in [6.07, 6.45) is 0. The van der Waals surface area contributed by atoms with Gasteiger partial charge in [-0.05, 0) is 136 Å². The smallest absolute Gasteiger partial charge is 0.399 e. The van der Waals surface area contributed by atoms with Crippen LogP contribution in [0.3, 0.4) is 0 Å². The lowest BCUT2D eigenvalue weighted by atomic mass is 9.79. The summed E-state index contributed by atoms with van der Waals surface area (Å²) in [5.74, 6) is 5.80. The fourth-order valence-corrected chi connectivity index (χ4v) is 15.8. The average Bonchev–Trinajstić information content (AvgIpc) is 1.53. The number of halogens is 2. The topological polar surface area (TPSA) is 134 Å². The van der Waals surface area contributed by atoms with Crippen LogP contribution in [0.15, 0.2) is 337 Å². The molecular formula is C99H78BBr2N9O2. The van der Waals surface area contributed by atoms with Crippen molar-refractivity contribution in [3.8, 4) is 147 Å². The maximum Gasteiger partial charge on any atom is 0.494 e. The van der Waals surface area contributed by atoms with E-state index in [1.807, 2.05) is 206 Å². The molecule has 11 nitrogen and oxygen atoms in total. The first-order valence-corrected chi connectivity index (χ1v) is 39.5. The third kappa shape index (κ3) is 14.9. The van der Waals surface area contributed by atoms with E-state index in [-0.39, 0.29) is 22.0 Å². The van der Waals surface area contributed by atoms with Gasteiger partial charge in [-0.25, -0.2) is 44.9 Å². The zero-order valence-electron chi connectivity index (χ0n) is 63.9. The van der Waals surface area contributed by atoms with Gasteiger partial charge in [-0.2, -0.15) is 0 Å². The maximum absolute atomic E-state index is 6.19. The van der Waals surface area contributed by atoms with E-state index in [4.69, 9.17) is 54.2 Å². The first-order chi connectivity index (χ1) is 54.8. The summed E-state index contributed by atoms with van der Waals surface area (Å²) < 4.78 is 14.6. The van der Waals surface area contributed by atoms with Gasteiger partial charge in [-0.1, -0.05) is 351 Å². The SMILES string of the molecule is CC1(C)OB(c2ccc(-c3nc(-c4ccccc4)nc(-c4ccccc4)n3)cc2)OC1(C)C.CC1(C)c2ccc(-c3ccc(-c4nc(-c5ccccc5)nc(-c5ccccc5)n4)cc3)cc2-c2cc(-c3ccc(-c4nc(-c5ccccc5)nc(-c5ccccc5)n4)cc3)ccc21.CC1(C)c2ccc(Br)cc2-c2cc(Br)ccc21. The summed E-state index contributed by atoms with van der Waals surface area (Å²) in [6, 6.07) is 112. The van der Waals surface area contributed by atoms with E-state index in [0.717, 1.165) is 86.7 Å². The van der Waals surface area contributed by atoms with Crippen LogP contribution in [0.25, 0.3) is 147 Å². The van der Waals surface area contributed by atoms with E-state index in [1.165, 1.54) is 44.5 Å². The van der Waals surface area contributed by atoms with Gasteiger partial charge in [0.1, 0.15) is 0 Å². The molecule has 0 unspecified atom stereocenters. The molecule has 4 heterocycles. The van der Waals surface area contributed by atoms with Gasteiger partial charge in [0.15, 0.2) is 52.4 Å². The average molecular weight is 1600 g/mol. The Balaban J connectivity index is 0.000000152. The summed E-state index contributed by atoms with van der Waals surface area (Å²) in [4.78, 5) is 43.8. The number of hydrogen-bond acceptors (Lipinski definition) is 11. The molecule has 0 amide bonds. The fourth-order valence-electron chi connectivity index (χ4n) is 15.0. The van der Waals surface area contributed by atoms with E-state index in [1.54, 1.807) is 0 Å². The Morgan fingerprint density at radius 1 is 0.212 bits per heavy atom. The van der Waals surface area contributed by atoms with E-state index in [0.29, 0.717) is 52.4 Å². The van der Waals surface area contributed by atoms with Gasteiger partial charge in [-0.15, -0.1) is 0 Å². The summed E-state index contributed by atoms with van der Waals surface area (Å²) in [6.45, 7) is 17.5. The number of rotatable bonds is 12. The molecule has 548 valence electrons. The monoisotopic (exact) mass is 1590 g/mol. The van der Waals surface area contributed by atoms with Crippen molar-refractivity contribution < 1.29 is 9.31 Å². The number of nitrogens with zero attached hydrogens (tertiary/aromatic N) is 9. The Labute approximate surface area is 676 Å². The van der Waals surface area contributed by atoms with Crippen LogP contribution in [0.5, 0.6) is 0 Å². The van der Waals surface area contributed by atoms with E-state index < -0.39 is 7.12 Å². The van der Waals surface area contributed by atoms with Crippen molar-refractivity contribution in [2.75, 3.05) is 0 Å². The van der Waals surface area contributed by atoms with Gasteiger partial charge < -0.3 is 9.31 Å². The lowest BCUT2D eigenvalue weighted by molar-refractivity contribution is 0.00578. The molecule has 0 spiro atoms. The molecule has 1 aliphatic heterocycles.